The number of anilines is 1. The number of nitrogens with zero attached hydrogens (tertiary/aromatic N) is 1. The summed E-state index contributed by atoms with van der Waals surface area (Å²) in [5.74, 6) is -0.351. The second-order valence-corrected chi connectivity index (χ2v) is 6.62. The minimum atomic E-state index is -0.351. The molecule has 2 fully saturated rings. The summed E-state index contributed by atoms with van der Waals surface area (Å²) in [5.41, 5.74) is 1.92. The summed E-state index contributed by atoms with van der Waals surface area (Å²) in [7, 11) is 3.42. The number of carbonyl (C=O) groups is 1. The number of piperidine rings is 1. The zero-order chi connectivity index (χ0) is 15.0. The highest BCUT2D eigenvalue weighted by molar-refractivity contribution is 6.31. The molecule has 1 atom stereocenters. The lowest BCUT2D eigenvalue weighted by atomic mass is 9.92. The Labute approximate surface area is 130 Å². The highest BCUT2D eigenvalue weighted by Gasteiger charge is 2.46. The molecule has 0 amide bonds. The molecule has 0 aromatic heterocycles. The summed E-state index contributed by atoms with van der Waals surface area (Å²) in [4.78, 5) is 14.1. The molecule has 21 heavy (non-hydrogen) atoms. The zero-order valence-corrected chi connectivity index (χ0v) is 13.2. The summed E-state index contributed by atoms with van der Waals surface area (Å²) >= 11 is 6.02. The van der Waals surface area contributed by atoms with Crippen LogP contribution in [0.3, 0.4) is 0 Å². The maximum absolute atomic E-state index is 12.0. The molecule has 2 aliphatic rings. The first-order valence-corrected chi connectivity index (χ1v) is 7.77. The smallest absolute Gasteiger partial charge is 0.340 e. The van der Waals surface area contributed by atoms with Crippen molar-refractivity contribution < 1.29 is 9.53 Å². The Morgan fingerprint density at radius 3 is 2.86 bits per heavy atom. The number of methoxy groups -OCH3 is 1. The molecule has 1 saturated carbocycles. The van der Waals surface area contributed by atoms with Gasteiger partial charge in [0.1, 0.15) is 0 Å². The summed E-state index contributed by atoms with van der Waals surface area (Å²) < 4.78 is 4.88. The molecule has 1 N–H and O–H groups in total. The zero-order valence-electron chi connectivity index (χ0n) is 12.5. The Hall–Kier alpha value is -1.26. The quantitative estimate of drug-likeness (QED) is 0.872. The van der Waals surface area contributed by atoms with Crippen LogP contribution in [0.25, 0.3) is 0 Å². The molecule has 1 heterocycles. The van der Waals surface area contributed by atoms with Crippen molar-refractivity contribution in [2.45, 2.75) is 31.8 Å². The lowest BCUT2D eigenvalue weighted by Crippen LogP contribution is -2.49. The third-order valence-corrected chi connectivity index (χ3v) is 5.07. The van der Waals surface area contributed by atoms with Crippen molar-refractivity contribution in [2.75, 3.05) is 25.6 Å². The van der Waals surface area contributed by atoms with Gasteiger partial charge >= 0.3 is 5.97 Å². The Morgan fingerprint density at radius 1 is 1.43 bits per heavy atom. The predicted octanol–water partition coefficient (Wildman–Crippen LogP) is 3.05. The molecular weight excluding hydrogens is 288 g/mol. The van der Waals surface area contributed by atoms with Gasteiger partial charge in [0, 0.05) is 12.1 Å². The lowest BCUT2D eigenvalue weighted by Gasteiger charge is -2.38. The van der Waals surface area contributed by atoms with E-state index in [1.165, 1.54) is 26.4 Å². The van der Waals surface area contributed by atoms with Crippen molar-refractivity contribution in [3.05, 3.63) is 28.8 Å². The van der Waals surface area contributed by atoms with Crippen LogP contribution in [-0.4, -0.2) is 32.8 Å². The van der Waals surface area contributed by atoms with Gasteiger partial charge in [0.2, 0.25) is 0 Å². The van der Waals surface area contributed by atoms with E-state index in [9.17, 15) is 4.79 Å². The Kier molecular flexibility index (Phi) is 3.84. The SMILES string of the molecule is COC(=O)c1cc(Cl)ccc1N(C)C1CC2(CCN1)CC2. The van der Waals surface area contributed by atoms with Gasteiger partial charge in [-0.1, -0.05) is 11.6 Å². The van der Waals surface area contributed by atoms with Crippen molar-refractivity contribution in [3.63, 3.8) is 0 Å². The first-order chi connectivity index (χ1) is 10.0. The average Bonchev–Trinajstić information content (AvgIpc) is 3.24. The summed E-state index contributed by atoms with van der Waals surface area (Å²) in [6.45, 7) is 1.04. The van der Waals surface area contributed by atoms with E-state index < -0.39 is 0 Å². The predicted molar refractivity (Wildman–Crippen MR) is 83.9 cm³/mol. The average molecular weight is 309 g/mol. The Morgan fingerprint density at radius 2 is 2.19 bits per heavy atom. The molecule has 1 aliphatic carbocycles. The number of hydrogen-bond acceptors (Lipinski definition) is 4. The number of halogens is 1. The van der Waals surface area contributed by atoms with E-state index in [0.717, 1.165) is 18.7 Å². The highest BCUT2D eigenvalue weighted by Crippen LogP contribution is 2.54. The third-order valence-electron chi connectivity index (χ3n) is 4.83. The molecule has 114 valence electrons. The largest absolute Gasteiger partial charge is 0.465 e. The number of carbonyl (C=O) groups excluding carboxylic acids is 1. The molecule has 1 spiro atoms. The molecule has 0 bridgehead atoms. The maximum atomic E-state index is 12.0. The van der Waals surface area contributed by atoms with E-state index >= 15 is 0 Å². The fourth-order valence-corrected chi connectivity index (χ4v) is 3.42. The van der Waals surface area contributed by atoms with Gasteiger partial charge in [0.25, 0.3) is 0 Å². The monoisotopic (exact) mass is 308 g/mol. The molecular formula is C16H21ClN2O2. The molecule has 1 saturated heterocycles. The van der Waals surface area contributed by atoms with Gasteiger partial charge in [-0.25, -0.2) is 4.79 Å². The summed E-state index contributed by atoms with van der Waals surface area (Å²) in [6.07, 6.45) is 5.33. The first kappa shape index (κ1) is 14.7. The van der Waals surface area contributed by atoms with Crippen LogP contribution in [0.15, 0.2) is 18.2 Å². The van der Waals surface area contributed by atoms with E-state index in [1.807, 2.05) is 19.2 Å². The van der Waals surface area contributed by atoms with Crippen LogP contribution < -0.4 is 10.2 Å². The Bertz CT molecular complexity index is 557. The standard InChI is InChI=1S/C16H21ClN2O2/c1-19(14-10-16(5-6-16)7-8-18-14)13-4-3-11(17)9-12(13)15(20)21-2/h3-4,9,14,18H,5-8,10H2,1-2H3. The molecule has 3 rings (SSSR count). The molecule has 1 aromatic rings. The van der Waals surface area contributed by atoms with Crippen molar-refractivity contribution >= 4 is 23.3 Å². The van der Waals surface area contributed by atoms with Gasteiger partial charge in [0.05, 0.1) is 24.5 Å². The fourth-order valence-electron chi connectivity index (χ4n) is 3.25. The van der Waals surface area contributed by atoms with Crippen molar-refractivity contribution in [2.24, 2.45) is 5.41 Å². The molecule has 5 heteroatoms. The van der Waals surface area contributed by atoms with Crippen LogP contribution in [0.4, 0.5) is 5.69 Å². The maximum Gasteiger partial charge on any atom is 0.340 e. The second kappa shape index (κ2) is 5.50. The normalized spacial score (nSPS) is 22.9. The molecule has 4 nitrogen and oxygen atoms in total. The van der Waals surface area contributed by atoms with Gasteiger partial charge in [0.15, 0.2) is 0 Å². The third kappa shape index (κ3) is 2.87. The van der Waals surface area contributed by atoms with Crippen molar-refractivity contribution in [1.29, 1.82) is 0 Å². The van der Waals surface area contributed by atoms with Crippen molar-refractivity contribution in [1.82, 2.24) is 5.32 Å². The summed E-state index contributed by atoms with van der Waals surface area (Å²) in [5, 5.41) is 4.10. The number of rotatable bonds is 3. The van der Waals surface area contributed by atoms with E-state index in [2.05, 4.69) is 10.2 Å². The van der Waals surface area contributed by atoms with E-state index in [0.29, 0.717) is 16.0 Å². The highest BCUT2D eigenvalue weighted by atomic mass is 35.5. The molecule has 0 radical (unpaired) electrons. The first-order valence-electron chi connectivity index (χ1n) is 7.39. The van der Waals surface area contributed by atoms with E-state index in [1.54, 1.807) is 6.07 Å². The van der Waals surface area contributed by atoms with Crippen LogP contribution in [0.1, 0.15) is 36.0 Å². The number of nitrogens with one attached hydrogen (secondary N) is 1. The number of ether oxygens (including phenoxy) is 1. The lowest BCUT2D eigenvalue weighted by molar-refractivity contribution is 0.0601. The van der Waals surface area contributed by atoms with Crippen LogP contribution >= 0.6 is 11.6 Å². The number of hydrogen-bond donors (Lipinski definition) is 1. The number of benzene rings is 1. The topological polar surface area (TPSA) is 41.6 Å². The van der Waals surface area contributed by atoms with Gasteiger partial charge in [-0.05, 0) is 55.8 Å². The van der Waals surface area contributed by atoms with Crippen LogP contribution in [0, 0.1) is 5.41 Å². The molecule has 1 aromatic carbocycles. The van der Waals surface area contributed by atoms with Crippen LogP contribution in [0.5, 0.6) is 0 Å². The second-order valence-electron chi connectivity index (χ2n) is 6.19. The molecule has 1 unspecified atom stereocenters. The fraction of sp³-hybridized carbons (Fsp3) is 0.562. The minimum absolute atomic E-state index is 0.255. The minimum Gasteiger partial charge on any atom is -0.465 e. The van der Waals surface area contributed by atoms with Gasteiger partial charge in [-0.3, -0.25) is 5.32 Å². The van der Waals surface area contributed by atoms with E-state index in [4.69, 9.17) is 16.3 Å². The van der Waals surface area contributed by atoms with Gasteiger partial charge in [-0.15, -0.1) is 0 Å². The molecule has 1 aliphatic heterocycles. The van der Waals surface area contributed by atoms with Crippen LogP contribution in [-0.2, 0) is 4.74 Å². The number of esters is 1. The van der Waals surface area contributed by atoms with Crippen LogP contribution in [0.2, 0.25) is 5.02 Å². The summed E-state index contributed by atoms with van der Waals surface area (Å²) in [6, 6.07) is 5.38. The van der Waals surface area contributed by atoms with Gasteiger partial charge in [-0.2, -0.15) is 0 Å². The Balaban J connectivity index is 1.86. The van der Waals surface area contributed by atoms with Crippen molar-refractivity contribution in [3.8, 4) is 0 Å². The van der Waals surface area contributed by atoms with E-state index in [-0.39, 0.29) is 12.1 Å². The van der Waals surface area contributed by atoms with Gasteiger partial charge < -0.3 is 9.64 Å².